The molecule has 0 bridgehead atoms. The van der Waals surface area contributed by atoms with Crippen LogP contribution in [0.3, 0.4) is 0 Å². The minimum atomic E-state index is 0.324. The number of nitrogens with two attached hydrogens (primary N) is 1. The minimum Gasteiger partial charge on any atom is -0.339 e. The zero-order chi connectivity index (χ0) is 13.7. The number of likely N-dealkylation sites (N-methyl/N-ethyl adjacent to an activating group) is 1. The third-order valence-corrected chi connectivity index (χ3v) is 4.67. The molecule has 0 atom stereocenters. The van der Waals surface area contributed by atoms with Crippen LogP contribution in [-0.2, 0) is 4.79 Å². The molecule has 2 aliphatic rings. The summed E-state index contributed by atoms with van der Waals surface area (Å²) in [5.74, 6) is 0.324. The average Bonchev–Trinajstić information content (AvgIpc) is 2.43. The molecule has 110 valence electrons. The van der Waals surface area contributed by atoms with Crippen molar-refractivity contribution in [1.29, 1.82) is 0 Å². The number of rotatable bonds is 4. The van der Waals surface area contributed by atoms with Crippen molar-refractivity contribution >= 4 is 5.91 Å². The van der Waals surface area contributed by atoms with Crippen molar-refractivity contribution in [2.75, 3.05) is 26.2 Å². The maximum Gasteiger partial charge on any atom is 0.236 e. The molecule has 0 radical (unpaired) electrons. The van der Waals surface area contributed by atoms with Crippen molar-refractivity contribution in [2.24, 2.45) is 5.73 Å². The number of piperidine rings is 1. The Bertz CT molecular complexity index is 281. The summed E-state index contributed by atoms with van der Waals surface area (Å²) in [7, 11) is 0. The summed E-state index contributed by atoms with van der Waals surface area (Å²) in [6.45, 7) is 5.52. The first-order chi connectivity index (χ1) is 9.20. The Morgan fingerprint density at radius 2 is 1.79 bits per heavy atom. The maximum absolute atomic E-state index is 12.5. The fraction of sp³-hybridized carbons (Fsp3) is 0.933. The summed E-state index contributed by atoms with van der Waals surface area (Å²) in [6, 6.07) is 0.838. The van der Waals surface area contributed by atoms with Crippen LogP contribution in [0.1, 0.15) is 51.9 Å². The number of hydrogen-bond donors (Lipinski definition) is 1. The lowest BCUT2D eigenvalue weighted by molar-refractivity contribution is -0.135. The van der Waals surface area contributed by atoms with Crippen molar-refractivity contribution in [3.8, 4) is 0 Å². The van der Waals surface area contributed by atoms with E-state index in [9.17, 15) is 4.79 Å². The van der Waals surface area contributed by atoms with Crippen LogP contribution in [-0.4, -0.2) is 54.0 Å². The van der Waals surface area contributed by atoms with Gasteiger partial charge in [-0.05, 0) is 32.6 Å². The van der Waals surface area contributed by atoms with E-state index in [1.54, 1.807) is 0 Å². The van der Waals surface area contributed by atoms with Crippen LogP contribution in [0.5, 0.6) is 0 Å². The molecule has 1 amide bonds. The molecule has 4 heteroatoms. The van der Waals surface area contributed by atoms with Crippen molar-refractivity contribution in [1.82, 2.24) is 9.80 Å². The van der Waals surface area contributed by atoms with E-state index in [2.05, 4.69) is 16.7 Å². The second-order valence-corrected chi connectivity index (χ2v) is 6.09. The number of likely N-dealkylation sites (tertiary alicyclic amines) is 1. The lowest BCUT2D eigenvalue weighted by atomic mass is 9.94. The van der Waals surface area contributed by atoms with E-state index >= 15 is 0 Å². The standard InChI is InChI=1S/C15H29N3O/c1-2-18(14-6-4-3-5-7-14)15(19)12-17-10-8-13(16)9-11-17/h13-14H,2-12,16H2,1H3. The third-order valence-electron chi connectivity index (χ3n) is 4.67. The van der Waals surface area contributed by atoms with Gasteiger partial charge in [0, 0.05) is 31.7 Å². The number of carbonyl (C=O) groups is 1. The van der Waals surface area contributed by atoms with Gasteiger partial charge in [0.2, 0.25) is 5.91 Å². The van der Waals surface area contributed by atoms with E-state index in [4.69, 9.17) is 5.73 Å². The van der Waals surface area contributed by atoms with Gasteiger partial charge in [-0.15, -0.1) is 0 Å². The molecule has 2 rings (SSSR count). The fourth-order valence-corrected chi connectivity index (χ4v) is 3.42. The maximum atomic E-state index is 12.5. The lowest BCUT2D eigenvalue weighted by Gasteiger charge is -2.36. The summed E-state index contributed by atoms with van der Waals surface area (Å²) in [5, 5.41) is 0. The Balaban J connectivity index is 1.82. The fourth-order valence-electron chi connectivity index (χ4n) is 3.42. The predicted octanol–water partition coefficient (Wildman–Crippen LogP) is 1.59. The summed E-state index contributed by atoms with van der Waals surface area (Å²) < 4.78 is 0. The zero-order valence-corrected chi connectivity index (χ0v) is 12.3. The van der Waals surface area contributed by atoms with Gasteiger partial charge >= 0.3 is 0 Å². The first kappa shape index (κ1) is 14.8. The smallest absolute Gasteiger partial charge is 0.236 e. The van der Waals surface area contributed by atoms with E-state index in [-0.39, 0.29) is 0 Å². The first-order valence-corrected chi connectivity index (χ1v) is 7.98. The number of hydrogen-bond acceptors (Lipinski definition) is 3. The van der Waals surface area contributed by atoms with Crippen LogP contribution in [0, 0.1) is 0 Å². The van der Waals surface area contributed by atoms with E-state index in [0.29, 0.717) is 24.5 Å². The molecule has 19 heavy (non-hydrogen) atoms. The van der Waals surface area contributed by atoms with Gasteiger partial charge in [0.25, 0.3) is 0 Å². The van der Waals surface area contributed by atoms with E-state index in [0.717, 1.165) is 32.5 Å². The van der Waals surface area contributed by atoms with Gasteiger partial charge in [-0.3, -0.25) is 9.69 Å². The summed E-state index contributed by atoms with van der Waals surface area (Å²) in [5.41, 5.74) is 5.91. The Labute approximate surface area is 117 Å². The summed E-state index contributed by atoms with van der Waals surface area (Å²) in [6.07, 6.45) is 8.37. The van der Waals surface area contributed by atoms with Gasteiger partial charge in [0.1, 0.15) is 0 Å². The van der Waals surface area contributed by atoms with Gasteiger partial charge < -0.3 is 10.6 Å². The first-order valence-electron chi connectivity index (χ1n) is 7.98. The van der Waals surface area contributed by atoms with Gasteiger partial charge in [-0.25, -0.2) is 0 Å². The normalized spacial score (nSPS) is 23.5. The van der Waals surface area contributed by atoms with Crippen molar-refractivity contribution < 1.29 is 4.79 Å². The molecule has 1 saturated carbocycles. The number of amides is 1. The second kappa shape index (κ2) is 7.25. The van der Waals surface area contributed by atoms with Crippen LogP contribution in [0.4, 0.5) is 0 Å². The van der Waals surface area contributed by atoms with Crippen LogP contribution in [0.25, 0.3) is 0 Å². The Hall–Kier alpha value is -0.610. The topological polar surface area (TPSA) is 49.6 Å². The SMILES string of the molecule is CCN(C(=O)CN1CCC(N)CC1)C1CCCCC1. The Kier molecular flexibility index (Phi) is 5.64. The lowest BCUT2D eigenvalue weighted by Crippen LogP contribution is -2.49. The molecule has 2 fully saturated rings. The molecule has 0 aromatic carbocycles. The molecule has 0 spiro atoms. The zero-order valence-electron chi connectivity index (χ0n) is 12.3. The van der Waals surface area contributed by atoms with Crippen LogP contribution >= 0.6 is 0 Å². The number of carbonyl (C=O) groups excluding carboxylic acids is 1. The number of nitrogens with zero attached hydrogens (tertiary/aromatic N) is 2. The van der Waals surface area contributed by atoms with Gasteiger partial charge in [0.05, 0.1) is 6.54 Å². The summed E-state index contributed by atoms with van der Waals surface area (Å²) >= 11 is 0. The molecule has 1 aliphatic heterocycles. The molecular formula is C15H29N3O. The molecular weight excluding hydrogens is 238 g/mol. The molecule has 1 heterocycles. The van der Waals surface area contributed by atoms with Gasteiger partial charge in [-0.1, -0.05) is 19.3 Å². The molecule has 0 unspecified atom stereocenters. The molecule has 1 aliphatic carbocycles. The highest BCUT2D eigenvalue weighted by Crippen LogP contribution is 2.22. The molecule has 0 aromatic heterocycles. The Morgan fingerprint density at radius 1 is 1.16 bits per heavy atom. The van der Waals surface area contributed by atoms with Gasteiger partial charge in [-0.2, -0.15) is 0 Å². The van der Waals surface area contributed by atoms with Crippen LogP contribution in [0.2, 0.25) is 0 Å². The molecule has 0 aromatic rings. The van der Waals surface area contributed by atoms with Crippen LogP contribution < -0.4 is 5.73 Å². The van der Waals surface area contributed by atoms with Crippen LogP contribution in [0.15, 0.2) is 0 Å². The van der Waals surface area contributed by atoms with Gasteiger partial charge in [0.15, 0.2) is 0 Å². The third kappa shape index (κ3) is 4.18. The highest BCUT2D eigenvalue weighted by atomic mass is 16.2. The minimum absolute atomic E-state index is 0.324. The van der Waals surface area contributed by atoms with Crippen molar-refractivity contribution in [3.63, 3.8) is 0 Å². The van der Waals surface area contributed by atoms with Crippen molar-refractivity contribution in [2.45, 2.75) is 64.0 Å². The highest BCUT2D eigenvalue weighted by Gasteiger charge is 2.26. The van der Waals surface area contributed by atoms with Crippen molar-refractivity contribution in [3.05, 3.63) is 0 Å². The summed E-state index contributed by atoms with van der Waals surface area (Å²) in [4.78, 5) is 16.9. The van der Waals surface area contributed by atoms with E-state index in [1.807, 2.05) is 0 Å². The van der Waals surface area contributed by atoms with E-state index < -0.39 is 0 Å². The van der Waals surface area contributed by atoms with E-state index in [1.165, 1.54) is 32.1 Å². The molecule has 2 N–H and O–H groups in total. The molecule has 1 saturated heterocycles. The Morgan fingerprint density at radius 3 is 2.37 bits per heavy atom. The average molecular weight is 267 g/mol. The largest absolute Gasteiger partial charge is 0.339 e. The molecule has 4 nitrogen and oxygen atoms in total. The highest BCUT2D eigenvalue weighted by molar-refractivity contribution is 5.78. The predicted molar refractivity (Wildman–Crippen MR) is 77.9 cm³/mol. The second-order valence-electron chi connectivity index (χ2n) is 6.09. The quantitative estimate of drug-likeness (QED) is 0.841. The monoisotopic (exact) mass is 267 g/mol.